The van der Waals surface area contributed by atoms with Crippen molar-refractivity contribution < 1.29 is 4.92 Å². The molecule has 0 saturated heterocycles. The summed E-state index contributed by atoms with van der Waals surface area (Å²) >= 11 is 0. The molecule has 0 saturated carbocycles. The molecule has 0 radical (unpaired) electrons. The summed E-state index contributed by atoms with van der Waals surface area (Å²) in [5, 5.41) is 17.2. The Morgan fingerprint density at radius 2 is 1.96 bits per heavy atom. The van der Waals surface area contributed by atoms with Crippen molar-refractivity contribution in [2.24, 2.45) is 0 Å². The minimum absolute atomic E-state index is 0.235. The maximum Gasteiger partial charge on any atom is 0.254 e. The van der Waals surface area contributed by atoms with Gasteiger partial charge >= 0.3 is 0 Å². The molecule has 132 valence electrons. The van der Waals surface area contributed by atoms with Crippen LogP contribution in [0, 0.1) is 10.1 Å². The predicted molar refractivity (Wildman–Crippen MR) is 105 cm³/mol. The SMILES string of the molecule is C/C=C\C(=C(/CCC)[N+](=O)[O-])c1cccc2cnn(-c3ccccc3)c12. The Bertz CT molecular complexity index is 985. The quantitative estimate of drug-likeness (QED) is 0.341. The number of benzene rings is 2. The van der Waals surface area contributed by atoms with Crippen LogP contribution in [0.3, 0.4) is 0 Å². The predicted octanol–water partition coefficient (Wildman–Crippen LogP) is 5.39. The molecule has 0 amide bonds. The van der Waals surface area contributed by atoms with Gasteiger partial charge in [0.1, 0.15) is 0 Å². The third-order valence-corrected chi connectivity index (χ3v) is 4.23. The van der Waals surface area contributed by atoms with E-state index in [1.807, 2.05) is 79.2 Å². The summed E-state index contributed by atoms with van der Waals surface area (Å²) in [5.74, 6) is 0. The lowest BCUT2D eigenvalue weighted by molar-refractivity contribution is -0.426. The molecule has 0 aliphatic carbocycles. The highest BCUT2D eigenvalue weighted by molar-refractivity contribution is 5.95. The minimum Gasteiger partial charge on any atom is -0.259 e. The molecule has 26 heavy (non-hydrogen) atoms. The van der Waals surface area contributed by atoms with Crippen molar-refractivity contribution in [3.63, 3.8) is 0 Å². The van der Waals surface area contributed by atoms with Crippen molar-refractivity contribution in [2.75, 3.05) is 0 Å². The molecule has 2 aromatic carbocycles. The Hall–Kier alpha value is -3.21. The molecule has 0 aliphatic rings. The second-order valence-electron chi connectivity index (χ2n) is 6.00. The summed E-state index contributed by atoms with van der Waals surface area (Å²) in [6.45, 7) is 3.82. The third kappa shape index (κ3) is 3.28. The Morgan fingerprint density at radius 3 is 2.62 bits per heavy atom. The molecule has 5 nitrogen and oxygen atoms in total. The number of nitro groups is 1. The number of nitrogens with zero attached hydrogens (tertiary/aromatic N) is 3. The first-order chi connectivity index (χ1) is 12.7. The largest absolute Gasteiger partial charge is 0.259 e. The zero-order valence-corrected chi connectivity index (χ0v) is 14.9. The fourth-order valence-corrected chi connectivity index (χ4v) is 3.13. The lowest BCUT2D eigenvalue weighted by Crippen LogP contribution is -2.04. The fourth-order valence-electron chi connectivity index (χ4n) is 3.13. The van der Waals surface area contributed by atoms with Crippen LogP contribution < -0.4 is 0 Å². The first-order valence-electron chi connectivity index (χ1n) is 8.70. The second-order valence-corrected chi connectivity index (χ2v) is 6.00. The van der Waals surface area contributed by atoms with E-state index in [9.17, 15) is 10.1 Å². The van der Waals surface area contributed by atoms with Crippen molar-refractivity contribution in [1.82, 2.24) is 9.78 Å². The van der Waals surface area contributed by atoms with Gasteiger partial charge < -0.3 is 0 Å². The van der Waals surface area contributed by atoms with Gasteiger partial charge in [0.15, 0.2) is 0 Å². The Balaban J connectivity index is 2.34. The third-order valence-electron chi connectivity index (χ3n) is 4.23. The average molecular weight is 347 g/mol. The van der Waals surface area contributed by atoms with Crippen LogP contribution in [-0.2, 0) is 0 Å². The number of allylic oxidation sites excluding steroid dienone is 4. The van der Waals surface area contributed by atoms with E-state index in [0.29, 0.717) is 18.4 Å². The lowest BCUT2D eigenvalue weighted by Gasteiger charge is -2.10. The number of aromatic nitrogens is 2. The topological polar surface area (TPSA) is 61.0 Å². The zero-order valence-electron chi connectivity index (χ0n) is 14.9. The summed E-state index contributed by atoms with van der Waals surface area (Å²) in [5.41, 5.74) is 3.50. The smallest absolute Gasteiger partial charge is 0.254 e. The molecule has 5 heteroatoms. The first-order valence-corrected chi connectivity index (χ1v) is 8.70. The fraction of sp³-hybridized carbons (Fsp3) is 0.190. The van der Waals surface area contributed by atoms with E-state index < -0.39 is 0 Å². The maximum atomic E-state index is 11.7. The van der Waals surface area contributed by atoms with E-state index in [-0.39, 0.29) is 10.6 Å². The van der Waals surface area contributed by atoms with Crippen LogP contribution >= 0.6 is 0 Å². The molecule has 3 aromatic rings. The molecule has 0 bridgehead atoms. The normalized spacial score (nSPS) is 12.5. The number of hydrogen-bond acceptors (Lipinski definition) is 3. The summed E-state index contributed by atoms with van der Waals surface area (Å²) in [6, 6.07) is 15.6. The van der Waals surface area contributed by atoms with Crippen LogP contribution in [0.25, 0.3) is 22.2 Å². The Labute approximate surface area is 152 Å². The van der Waals surface area contributed by atoms with Crippen molar-refractivity contribution in [2.45, 2.75) is 26.7 Å². The standard InChI is InChI=1S/C21H21N3O2/c1-3-9-18(20(10-4-2)24(25)26)19-14-8-11-16-15-22-23(21(16)19)17-12-6-5-7-13-17/h3,5-9,11-15H,4,10H2,1-2H3/b9-3-,20-18-. The van der Waals surface area contributed by atoms with Gasteiger partial charge in [0.25, 0.3) is 5.70 Å². The highest BCUT2D eigenvalue weighted by Crippen LogP contribution is 2.31. The molecule has 1 aromatic heterocycles. The van der Waals surface area contributed by atoms with Crippen molar-refractivity contribution in [3.8, 4) is 5.69 Å². The lowest BCUT2D eigenvalue weighted by atomic mass is 9.98. The molecule has 0 aliphatic heterocycles. The number of rotatable bonds is 6. The maximum absolute atomic E-state index is 11.7. The summed E-state index contributed by atoms with van der Waals surface area (Å²) in [7, 11) is 0. The van der Waals surface area contributed by atoms with Crippen LogP contribution in [-0.4, -0.2) is 14.7 Å². The average Bonchev–Trinajstić information content (AvgIpc) is 3.09. The van der Waals surface area contributed by atoms with Crippen LogP contribution in [0.1, 0.15) is 32.3 Å². The Morgan fingerprint density at radius 1 is 1.19 bits per heavy atom. The monoisotopic (exact) mass is 347 g/mol. The number of hydrogen-bond donors (Lipinski definition) is 0. The van der Waals surface area contributed by atoms with Gasteiger partial charge in [-0.15, -0.1) is 0 Å². The van der Waals surface area contributed by atoms with Gasteiger partial charge in [-0.05, 0) is 25.5 Å². The van der Waals surface area contributed by atoms with Gasteiger partial charge in [-0.2, -0.15) is 5.10 Å². The van der Waals surface area contributed by atoms with Gasteiger partial charge in [-0.3, -0.25) is 10.1 Å². The van der Waals surface area contributed by atoms with Crippen molar-refractivity contribution >= 4 is 16.5 Å². The molecule has 0 N–H and O–H groups in total. The summed E-state index contributed by atoms with van der Waals surface area (Å²) in [6.07, 6.45) is 6.60. The molecular formula is C21H21N3O2. The zero-order chi connectivity index (χ0) is 18.5. The minimum atomic E-state index is -0.263. The highest BCUT2D eigenvalue weighted by Gasteiger charge is 2.21. The summed E-state index contributed by atoms with van der Waals surface area (Å²) in [4.78, 5) is 11.4. The van der Waals surface area contributed by atoms with E-state index in [4.69, 9.17) is 0 Å². The van der Waals surface area contributed by atoms with Crippen molar-refractivity contribution in [3.05, 3.63) is 88.3 Å². The van der Waals surface area contributed by atoms with Crippen LogP contribution in [0.2, 0.25) is 0 Å². The van der Waals surface area contributed by atoms with E-state index >= 15 is 0 Å². The van der Waals surface area contributed by atoms with Gasteiger partial charge in [-0.1, -0.05) is 55.5 Å². The molecule has 0 unspecified atom stereocenters. The molecule has 1 heterocycles. The van der Waals surface area contributed by atoms with Crippen molar-refractivity contribution in [1.29, 1.82) is 0 Å². The van der Waals surface area contributed by atoms with Crippen LogP contribution in [0.4, 0.5) is 0 Å². The van der Waals surface area contributed by atoms with E-state index in [0.717, 1.165) is 22.2 Å². The summed E-state index contributed by atoms with van der Waals surface area (Å²) < 4.78 is 1.84. The molecule has 0 fully saturated rings. The molecule has 0 spiro atoms. The molecule has 0 atom stereocenters. The van der Waals surface area contributed by atoms with Gasteiger partial charge in [0, 0.05) is 17.4 Å². The highest BCUT2D eigenvalue weighted by atomic mass is 16.6. The number of fused-ring (bicyclic) bond motifs is 1. The van der Waals surface area contributed by atoms with E-state index in [1.165, 1.54) is 0 Å². The second kappa shape index (κ2) is 7.78. The van der Waals surface area contributed by atoms with Gasteiger partial charge in [-0.25, -0.2) is 4.68 Å². The van der Waals surface area contributed by atoms with Gasteiger partial charge in [0.05, 0.1) is 27.9 Å². The van der Waals surface area contributed by atoms with E-state index in [1.54, 1.807) is 6.20 Å². The molecular weight excluding hydrogens is 326 g/mol. The van der Waals surface area contributed by atoms with Crippen LogP contribution in [0.5, 0.6) is 0 Å². The van der Waals surface area contributed by atoms with Crippen LogP contribution in [0.15, 0.2) is 72.6 Å². The number of para-hydroxylation sites is 2. The van der Waals surface area contributed by atoms with E-state index in [2.05, 4.69) is 5.10 Å². The van der Waals surface area contributed by atoms with Gasteiger partial charge in [0.2, 0.25) is 0 Å². The first kappa shape index (κ1) is 17.6. The Kier molecular flexibility index (Phi) is 5.27. The molecule has 3 rings (SSSR count).